The first-order valence-corrected chi connectivity index (χ1v) is 7.10. The fourth-order valence-corrected chi connectivity index (χ4v) is 2.03. The van der Waals surface area contributed by atoms with Gasteiger partial charge in [0.25, 0.3) is 0 Å². The third-order valence-electron chi connectivity index (χ3n) is 3.26. The van der Waals surface area contributed by atoms with Crippen molar-refractivity contribution in [3.05, 3.63) is 53.2 Å². The van der Waals surface area contributed by atoms with Crippen LogP contribution in [0.4, 0.5) is 0 Å². The minimum Gasteiger partial charge on any atom is -0.439 e. The minimum atomic E-state index is 0.480. The highest BCUT2D eigenvalue weighted by atomic mass is 16.5. The van der Waals surface area contributed by atoms with Gasteiger partial charge in [-0.1, -0.05) is 32.9 Å². The first-order valence-electron chi connectivity index (χ1n) is 7.10. The van der Waals surface area contributed by atoms with Crippen molar-refractivity contribution in [3.63, 3.8) is 0 Å². The second-order valence-electron chi connectivity index (χ2n) is 5.19. The number of nitrogens with two attached hydrogens (primary N) is 1. The zero-order valence-corrected chi connectivity index (χ0v) is 12.4. The molecule has 1 heterocycles. The highest BCUT2D eigenvalue weighted by Gasteiger charge is 2.05. The van der Waals surface area contributed by atoms with E-state index in [-0.39, 0.29) is 0 Å². The predicted octanol–water partition coefficient (Wildman–Crippen LogP) is 4.02. The first-order chi connectivity index (χ1) is 9.62. The quantitative estimate of drug-likeness (QED) is 0.892. The molecule has 1 aromatic heterocycles. The van der Waals surface area contributed by atoms with Gasteiger partial charge in [-0.3, -0.25) is 0 Å². The van der Waals surface area contributed by atoms with Gasteiger partial charge < -0.3 is 10.5 Å². The fourth-order valence-electron chi connectivity index (χ4n) is 2.03. The standard InChI is InChI=1S/C17H22N2O/c1-4-15-8-13(11-18)9-17(19-15)20-16-7-5-6-14(10-16)12(2)3/h5-10,12H,4,11,18H2,1-3H3. The van der Waals surface area contributed by atoms with Crippen molar-refractivity contribution in [1.82, 2.24) is 4.98 Å². The van der Waals surface area contributed by atoms with Crippen LogP contribution in [0.3, 0.4) is 0 Å². The van der Waals surface area contributed by atoms with Crippen molar-refractivity contribution in [2.45, 2.75) is 39.7 Å². The van der Waals surface area contributed by atoms with Crippen LogP contribution < -0.4 is 10.5 Å². The average molecular weight is 270 g/mol. The number of rotatable bonds is 5. The first kappa shape index (κ1) is 14.5. The maximum atomic E-state index is 5.89. The van der Waals surface area contributed by atoms with Crippen LogP contribution in [-0.4, -0.2) is 4.98 Å². The highest BCUT2D eigenvalue weighted by molar-refractivity contribution is 5.34. The van der Waals surface area contributed by atoms with E-state index in [9.17, 15) is 0 Å². The molecule has 0 amide bonds. The van der Waals surface area contributed by atoms with Gasteiger partial charge in [-0.05, 0) is 41.7 Å². The van der Waals surface area contributed by atoms with E-state index in [1.165, 1.54) is 5.56 Å². The second kappa shape index (κ2) is 6.53. The molecule has 3 heteroatoms. The Morgan fingerprint density at radius 1 is 1.20 bits per heavy atom. The largest absolute Gasteiger partial charge is 0.439 e. The van der Waals surface area contributed by atoms with Gasteiger partial charge in [0.05, 0.1) is 0 Å². The number of pyridine rings is 1. The van der Waals surface area contributed by atoms with Gasteiger partial charge in [-0.25, -0.2) is 4.98 Å². The van der Waals surface area contributed by atoms with Gasteiger partial charge in [-0.2, -0.15) is 0 Å². The molecule has 0 radical (unpaired) electrons. The number of nitrogens with zero attached hydrogens (tertiary/aromatic N) is 1. The molecule has 0 atom stereocenters. The van der Waals surface area contributed by atoms with E-state index in [4.69, 9.17) is 10.5 Å². The number of benzene rings is 1. The summed E-state index contributed by atoms with van der Waals surface area (Å²) in [7, 11) is 0. The number of aromatic nitrogens is 1. The lowest BCUT2D eigenvalue weighted by Crippen LogP contribution is -2.01. The summed E-state index contributed by atoms with van der Waals surface area (Å²) in [6, 6.07) is 12.1. The van der Waals surface area contributed by atoms with Crippen molar-refractivity contribution in [1.29, 1.82) is 0 Å². The summed E-state index contributed by atoms with van der Waals surface area (Å²) < 4.78 is 5.89. The average Bonchev–Trinajstić information content (AvgIpc) is 2.47. The Bertz CT molecular complexity index is 557. The molecule has 0 aliphatic heterocycles. The van der Waals surface area contributed by atoms with Crippen molar-refractivity contribution < 1.29 is 4.74 Å². The smallest absolute Gasteiger partial charge is 0.219 e. The maximum absolute atomic E-state index is 5.89. The van der Waals surface area contributed by atoms with Crippen molar-refractivity contribution in [2.75, 3.05) is 0 Å². The van der Waals surface area contributed by atoms with Gasteiger partial charge >= 0.3 is 0 Å². The third-order valence-corrected chi connectivity index (χ3v) is 3.26. The van der Waals surface area contributed by atoms with Crippen molar-refractivity contribution in [3.8, 4) is 11.6 Å². The molecule has 2 N–H and O–H groups in total. The highest BCUT2D eigenvalue weighted by Crippen LogP contribution is 2.25. The van der Waals surface area contributed by atoms with Crippen LogP contribution in [-0.2, 0) is 13.0 Å². The Morgan fingerprint density at radius 3 is 2.65 bits per heavy atom. The summed E-state index contributed by atoms with van der Waals surface area (Å²) >= 11 is 0. The zero-order chi connectivity index (χ0) is 14.5. The van der Waals surface area contributed by atoms with Gasteiger partial charge in [-0.15, -0.1) is 0 Å². The van der Waals surface area contributed by atoms with Crippen LogP contribution in [0.25, 0.3) is 0 Å². The minimum absolute atomic E-state index is 0.480. The molecule has 3 nitrogen and oxygen atoms in total. The van der Waals surface area contributed by atoms with E-state index in [0.717, 1.165) is 23.4 Å². The SMILES string of the molecule is CCc1cc(CN)cc(Oc2cccc(C(C)C)c2)n1. The van der Waals surface area contributed by atoms with Gasteiger partial charge in [0, 0.05) is 18.3 Å². The summed E-state index contributed by atoms with van der Waals surface area (Å²) in [6.45, 7) is 6.91. The van der Waals surface area contributed by atoms with E-state index in [2.05, 4.69) is 37.9 Å². The summed E-state index contributed by atoms with van der Waals surface area (Å²) in [4.78, 5) is 4.49. The Hall–Kier alpha value is -1.87. The summed E-state index contributed by atoms with van der Waals surface area (Å²) in [5.74, 6) is 1.92. The Labute approximate surface area is 120 Å². The van der Waals surface area contributed by atoms with Crippen molar-refractivity contribution in [2.24, 2.45) is 5.73 Å². The lowest BCUT2D eigenvalue weighted by molar-refractivity contribution is 0.459. The van der Waals surface area contributed by atoms with Crippen LogP contribution in [0.5, 0.6) is 11.6 Å². The van der Waals surface area contributed by atoms with E-state index < -0.39 is 0 Å². The normalized spacial score (nSPS) is 10.8. The number of hydrogen-bond donors (Lipinski definition) is 1. The maximum Gasteiger partial charge on any atom is 0.219 e. The molecule has 2 aromatic rings. The molecule has 2 rings (SSSR count). The molecule has 0 saturated heterocycles. The molecule has 0 aliphatic carbocycles. The molecule has 0 aliphatic rings. The Balaban J connectivity index is 2.27. The molecular formula is C17H22N2O. The van der Waals surface area contributed by atoms with E-state index in [0.29, 0.717) is 18.3 Å². The van der Waals surface area contributed by atoms with Crippen LogP contribution in [0.1, 0.15) is 43.5 Å². The topological polar surface area (TPSA) is 48.1 Å². The zero-order valence-electron chi connectivity index (χ0n) is 12.4. The number of aryl methyl sites for hydroxylation is 1. The molecule has 0 bridgehead atoms. The van der Waals surface area contributed by atoms with Crippen LogP contribution in [0, 0.1) is 0 Å². The van der Waals surface area contributed by atoms with Crippen molar-refractivity contribution >= 4 is 0 Å². The van der Waals surface area contributed by atoms with E-state index >= 15 is 0 Å². The van der Waals surface area contributed by atoms with Gasteiger partial charge in [0.1, 0.15) is 5.75 Å². The summed E-state index contributed by atoms with van der Waals surface area (Å²) in [6.07, 6.45) is 0.871. The summed E-state index contributed by atoms with van der Waals surface area (Å²) in [5, 5.41) is 0. The van der Waals surface area contributed by atoms with E-state index in [1.54, 1.807) is 0 Å². The fraction of sp³-hybridized carbons (Fsp3) is 0.353. The van der Waals surface area contributed by atoms with Crippen LogP contribution >= 0.6 is 0 Å². The molecule has 0 unspecified atom stereocenters. The predicted molar refractivity (Wildman–Crippen MR) is 82.1 cm³/mol. The van der Waals surface area contributed by atoms with Crippen LogP contribution in [0.2, 0.25) is 0 Å². The third kappa shape index (κ3) is 3.58. The van der Waals surface area contributed by atoms with Gasteiger partial charge in [0.15, 0.2) is 0 Å². The molecule has 0 saturated carbocycles. The molecule has 1 aromatic carbocycles. The van der Waals surface area contributed by atoms with E-state index in [1.807, 2.05) is 24.3 Å². The lowest BCUT2D eigenvalue weighted by atomic mass is 10.0. The number of hydrogen-bond acceptors (Lipinski definition) is 3. The lowest BCUT2D eigenvalue weighted by Gasteiger charge is -2.11. The molecule has 0 spiro atoms. The Morgan fingerprint density at radius 2 is 2.00 bits per heavy atom. The Kier molecular flexibility index (Phi) is 4.74. The molecular weight excluding hydrogens is 248 g/mol. The summed E-state index contributed by atoms with van der Waals surface area (Å²) in [5.41, 5.74) is 9.02. The van der Waals surface area contributed by atoms with Crippen LogP contribution in [0.15, 0.2) is 36.4 Å². The molecule has 0 fully saturated rings. The van der Waals surface area contributed by atoms with Gasteiger partial charge in [0.2, 0.25) is 5.88 Å². The molecule has 20 heavy (non-hydrogen) atoms. The number of ether oxygens (including phenoxy) is 1. The second-order valence-corrected chi connectivity index (χ2v) is 5.19. The monoisotopic (exact) mass is 270 g/mol. The molecule has 106 valence electrons.